The summed E-state index contributed by atoms with van der Waals surface area (Å²) in [5.74, 6) is 7.18. The van der Waals surface area contributed by atoms with Crippen LogP contribution in [-0.2, 0) is 4.79 Å². The number of hydrogen-bond donors (Lipinski definition) is 2. The third-order valence-electron chi connectivity index (χ3n) is 3.09. The van der Waals surface area contributed by atoms with Crippen molar-refractivity contribution in [2.75, 3.05) is 13.0 Å². The number of rotatable bonds is 6. The number of nitrogens with zero attached hydrogens (tertiary/aromatic N) is 3. The van der Waals surface area contributed by atoms with E-state index in [2.05, 4.69) is 15.5 Å². The van der Waals surface area contributed by atoms with Crippen LogP contribution in [0.3, 0.4) is 0 Å². The fourth-order valence-electron chi connectivity index (χ4n) is 1.98. The van der Waals surface area contributed by atoms with Crippen molar-refractivity contribution in [3.63, 3.8) is 0 Å². The molecule has 1 aromatic heterocycles. The van der Waals surface area contributed by atoms with Crippen LogP contribution in [-0.4, -0.2) is 39.2 Å². The molecule has 1 aromatic carbocycles. The molecule has 7 nitrogen and oxygen atoms in total. The second-order valence-corrected chi connectivity index (χ2v) is 6.61. The molecular weight excluding hydrogens is 314 g/mol. The molecule has 0 aliphatic heterocycles. The number of ether oxygens (including phenoxy) is 1. The van der Waals surface area contributed by atoms with E-state index >= 15 is 0 Å². The minimum absolute atomic E-state index is 0.0631. The number of nitrogen functional groups attached to an aromatic ring is 1. The number of para-hydroxylation sites is 1. The third kappa shape index (κ3) is 3.95. The van der Waals surface area contributed by atoms with Crippen molar-refractivity contribution in [2.24, 2.45) is 0 Å². The Morgan fingerprint density at radius 3 is 2.65 bits per heavy atom. The topological polar surface area (TPSA) is 95.1 Å². The molecule has 0 aliphatic rings. The van der Waals surface area contributed by atoms with Crippen molar-refractivity contribution in [2.45, 2.75) is 37.2 Å². The Kier molecular flexibility index (Phi) is 5.49. The lowest BCUT2D eigenvalue weighted by molar-refractivity contribution is -0.120. The Morgan fingerprint density at radius 1 is 1.30 bits per heavy atom. The number of carbonyl (C=O) groups is 1. The Hall–Kier alpha value is -2.22. The second kappa shape index (κ2) is 7.36. The molecule has 3 N–H and O–H groups in total. The zero-order chi connectivity index (χ0) is 17.0. The van der Waals surface area contributed by atoms with Gasteiger partial charge in [0.15, 0.2) is 5.82 Å². The highest BCUT2D eigenvalue weighted by Gasteiger charge is 2.21. The summed E-state index contributed by atoms with van der Waals surface area (Å²) in [6.45, 7) is 5.64. The fraction of sp³-hybridized carbons (Fsp3) is 0.400. The number of nitrogens with two attached hydrogens (primary N) is 1. The predicted molar refractivity (Wildman–Crippen MR) is 90.8 cm³/mol. The zero-order valence-electron chi connectivity index (χ0n) is 13.6. The van der Waals surface area contributed by atoms with Gasteiger partial charge in [0.1, 0.15) is 5.75 Å². The lowest BCUT2D eigenvalue weighted by Crippen LogP contribution is -2.36. The van der Waals surface area contributed by atoms with Crippen LogP contribution in [0.5, 0.6) is 5.75 Å². The van der Waals surface area contributed by atoms with Crippen LogP contribution in [0.25, 0.3) is 11.4 Å². The monoisotopic (exact) mass is 335 g/mol. The van der Waals surface area contributed by atoms with Gasteiger partial charge < -0.3 is 15.9 Å². The minimum Gasteiger partial charge on any atom is -0.496 e. The molecule has 124 valence electrons. The van der Waals surface area contributed by atoms with E-state index in [4.69, 9.17) is 10.6 Å². The SMILES string of the molecule is COc1ccccc1-c1nnc(SC(C)C(=O)NC(C)C)n1N. The number of nitrogens with one attached hydrogen (secondary N) is 1. The molecule has 1 amide bonds. The van der Waals surface area contributed by atoms with Crippen LogP contribution in [0.2, 0.25) is 0 Å². The van der Waals surface area contributed by atoms with Gasteiger partial charge in [-0.3, -0.25) is 4.79 Å². The maximum absolute atomic E-state index is 12.0. The van der Waals surface area contributed by atoms with E-state index < -0.39 is 0 Å². The number of aromatic nitrogens is 3. The van der Waals surface area contributed by atoms with Gasteiger partial charge in [0, 0.05) is 6.04 Å². The molecule has 0 saturated carbocycles. The van der Waals surface area contributed by atoms with Gasteiger partial charge in [-0.2, -0.15) is 0 Å². The van der Waals surface area contributed by atoms with Crippen LogP contribution < -0.4 is 15.9 Å². The molecule has 1 heterocycles. The predicted octanol–water partition coefficient (Wildman–Crippen LogP) is 1.67. The Bertz CT molecular complexity index is 686. The van der Waals surface area contributed by atoms with E-state index in [-0.39, 0.29) is 17.2 Å². The quantitative estimate of drug-likeness (QED) is 0.616. The fourth-order valence-corrected chi connectivity index (χ4v) is 2.76. The van der Waals surface area contributed by atoms with Gasteiger partial charge in [0.05, 0.1) is 17.9 Å². The normalized spacial score (nSPS) is 12.2. The van der Waals surface area contributed by atoms with Crippen molar-refractivity contribution >= 4 is 17.7 Å². The molecule has 0 bridgehead atoms. The number of carbonyl (C=O) groups excluding carboxylic acids is 1. The van der Waals surface area contributed by atoms with Gasteiger partial charge in [-0.05, 0) is 32.9 Å². The number of hydrogen-bond acceptors (Lipinski definition) is 6. The molecular formula is C15H21N5O2S. The van der Waals surface area contributed by atoms with E-state index in [1.165, 1.54) is 16.4 Å². The average molecular weight is 335 g/mol. The number of thioether (sulfide) groups is 1. The second-order valence-electron chi connectivity index (χ2n) is 5.30. The van der Waals surface area contributed by atoms with Crippen molar-refractivity contribution in [1.82, 2.24) is 20.2 Å². The summed E-state index contributed by atoms with van der Waals surface area (Å²) in [5.41, 5.74) is 0.746. The number of benzene rings is 1. The highest BCUT2D eigenvalue weighted by atomic mass is 32.2. The molecule has 0 aliphatic carbocycles. The molecule has 0 spiro atoms. The first-order valence-corrected chi connectivity index (χ1v) is 8.13. The van der Waals surface area contributed by atoms with Crippen LogP contribution in [0.1, 0.15) is 20.8 Å². The summed E-state index contributed by atoms with van der Waals surface area (Å²) in [4.78, 5) is 12.0. The molecule has 2 rings (SSSR count). The first kappa shape index (κ1) is 17.1. The highest BCUT2D eigenvalue weighted by molar-refractivity contribution is 8.00. The van der Waals surface area contributed by atoms with E-state index in [1.54, 1.807) is 14.0 Å². The van der Waals surface area contributed by atoms with E-state index in [9.17, 15) is 4.79 Å². The van der Waals surface area contributed by atoms with Crippen molar-refractivity contribution in [3.05, 3.63) is 24.3 Å². The van der Waals surface area contributed by atoms with Crippen molar-refractivity contribution in [3.8, 4) is 17.1 Å². The van der Waals surface area contributed by atoms with Gasteiger partial charge in [-0.25, -0.2) is 4.68 Å². The van der Waals surface area contributed by atoms with Crippen LogP contribution in [0.15, 0.2) is 29.4 Å². The summed E-state index contributed by atoms with van der Waals surface area (Å²) in [5, 5.41) is 11.2. The molecule has 2 aromatic rings. The maximum Gasteiger partial charge on any atom is 0.233 e. The molecule has 0 radical (unpaired) electrons. The third-order valence-corrected chi connectivity index (χ3v) is 4.15. The van der Waals surface area contributed by atoms with Gasteiger partial charge in [0.25, 0.3) is 0 Å². The molecule has 0 fully saturated rings. The lowest BCUT2D eigenvalue weighted by Gasteiger charge is -2.13. The van der Waals surface area contributed by atoms with Gasteiger partial charge >= 0.3 is 0 Å². The van der Waals surface area contributed by atoms with E-state index in [0.29, 0.717) is 16.7 Å². The smallest absolute Gasteiger partial charge is 0.233 e. The molecule has 1 atom stereocenters. The first-order chi connectivity index (χ1) is 10.9. The van der Waals surface area contributed by atoms with Gasteiger partial charge in [-0.15, -0.1) is 10.2 Å². The van der Waals surface area contributed by atoms with E-state index in [1.807, 2.05) is 38.1 Å². The van der Waals surface area contributed by atoms with E-state index in [0.717, 1.165) is 5.56 Å². The van der Waals surface area contributed by atoms with Gasteiger partial charge in [0.2, 0.25) is 11.1 Å². The van der Waals surface area contributed by atoms with Crippen LogP contribution in [0.4, 0.5) is 0 Å². The highest BCUT2D eigenvalue weighted by Crippen LogP contribution is 2.30. The summed E-state index contributed by atoms with van der Waals surface area (Å²) in [6, 6.07) is 7.52. The summed E-state index contributed by atoms with van der Waals surface area (Å²) in [6.07, 6.45) is 0. The van der Waals surface area contributed by atoms with Crippen molar-refractivity contribution < 1.29 is 9.53 Å². The molecule has 0 saturated heterocycles. The molecule has 8 heteroatoms. The first-order valence-electron chi connectivity index (χ1n) is 7.25. The summed E-state index contributed by atoms with van der Waals surface area (Å²) in [7, 11) is 1.59. The Balaban J connectivity index is 2.21. The van der Waals surface area contributed by atoms with Crippen LogP contribution in [0, 0.1) is 0 Å². The molecule has 1 unspecified atom stereocenters. The maximum atomic E-state index is 12.0. The Labute approximate surface area is 139 Å². The zero-order valence-corrected chi connectivity index (χ0v) is 14.4. The van der Waals surface area contributed by atoms with Crippen molar-refractivity contribution in [1.29, 1.82) is 0 Å². The summed E-state index contributed by atoms with van der Waals surface area (Å²) < 4.78 is 6.70. The van der Waals surface area contributed by atoms with Gasteiger partial charge in [-0.1, -0.05) is 23.9 Å². The standard InChI is InChI=1S/C15H21N5O2S/c1-9(2)17-14(21)10(3)23-15-19-18-13(20(15)16)11-7-5-6-8-12(11)22-4/h5-10H,16H2,1-4H3,(H,17,21). The average Bonchev–Trinajstić information content (AvgIpc) is 2.87. The lowest BCUT2D eigenvalue weighted by atomic mass is 10.2. The minimum atomic E-state index is -0.325. The molecule has 23 heavy (non-hydrogen) atoms. The van der Waals surface area contributed by atoms with Crippen LogP contribution >= 0.6 is 11.8 Å². The Morgan fingerprint density at radius 2 is 2.00 bits per heavy atom. The number of methoxy groups -OCH3 is 1. The number of amides is 1. The largest absolute Gasteiger partial charge is 0.496 e. The summed E-state index contributed by atoms with van der Waals surface area (Å²) >= 11 is 1.26.